The maximum absolute atomic E-state index is 10.4. The third-order valence-electron chi connectivity index (χ3n) is 3.02. The molecule has 0 spiro atoms. The monoisotopic (exact) mass is 283 g/mol. The van der Waals surface area contributed by atoms with Crippen molar-refractivity contribution in [2.45, 2.75) is 18.9 Å². The summed E-state index contributed by atoms with van der Waals surface area (Å²) < 4.78 is 15.4. The fraction of sp³-hybridized carbons (Fsp3) is 0.600. The zero-order chi connectivity index (χ0) is 15.0. The van der Waals surface area contributed by atoms with Crippen LogP contribution in [0.1, 0.15) is 12.5 Å². The van der Waals surface area contributed by atoms with Crippen molar-refractivity contribution in [2.24, 2.45) is 0 Å². The molecular formula is C15H25NO4. The van der Waals surface area contributed by atoms with Crippen LogP contribution in [0.4, 0.5) is 0 Å². The van der Waals surface area contributed by atoms with Crippen LogP contribution in [0.15, 0.2) is 18.2 Å². The van der Waals surface area contributed by atoms with Crippen LogP contribution in [-0.4, -0.2) is 51.7 Å². The lowest BCUT2D eigenvalue weighted by Crippen LogP contribution is -2.40. The van der Waals surface area contributed by atoms with E-state index < -0.39 is 5.60 Å². The van der Waals surface area contributed by atoms with E-state index in [0.29, 0.717) is 31.1 Å². The Kier molecular flexibility index (Phi) is 6.78. The molecule has 0 radical (unpaired) electrons. The summed E-state index contributed by atoms with van der Waals surface area (Å²) in [7, 11) is 4.86. The van der Waals surface area contributed by atoms with Gasteiger partial charge in [0.2, 0.25) is 0 Å². The van der Waals surface area contributed by atoms with Gasteiger partial charge in [0.15, 0.2) is 11.5 Å². The van der Waals surface area contributed by atoms with E-state index in [1.54, 1.807) is 21.3 Å². The summed E-state index contributed by atoms with van der Waals surface area (Å²) in [5.74, 6) is 1.36. The molecule has 5 heteroatoms. The molecule has 0 aliphatic heterocycles. The molecule has 114 valence electrons. The normalized spacial score (nSPS) is 13.8. The number of methoxy groups -OCH3 is 3. The SMILES string of the molecule is COCCNCC(C)(O)Cc1ccc(OC)c(OC)c1. The van der Waals surface area contributed by atoms with Gasteiger partial charge in [-0.1, -0.05) is 6.07 Å². The second kappa shape index (κ2) is 8.09. The Morgan fingerprint density at radius 2 is 1.85 bits per heavy atom. The van der Waals surface area contributed by atoms with E-state index in [0.717, 1.165) is 12.1 Å². The van der Waals surface area contributed by atoms with Crippen LogP contribution in [0.3, 0.4) is 0 Å². The van der Waals surface area contributed by atoms with Crippen LogP contribution in [-0.2, 0) is 11.2 Å². The number of hydrogen-bond acceptors (Lipinski definition) is 5. The first kappa shape index (κ1) is 16.8. The minimum atomic E-state index is -0.826. The fourth-order valence-electron chi connectivity index (χ4n) is 2.02. The standard InChI is InChI=1S/C15H25NO4/c1-15(17,11-16-7-8-18-2)10-12-5-6-13(19-3)14(9-12)20-4/h5-6,9,16-17H,7-8,10-11H2,1-4H3. The predicted octanol–water partition coefficient (Wildman–Crippen LogP) is 1.23. The van der Waals surface area contributed by atoms with Crippen molar-refractivity contribution in [1.82, 2.24) is 5.32 Å². The predicted molar refractivity (Wildman–Crippen MR) is 78.6 cm³/mol. The summed E-state index contributed by atoms with van der Waals surface area (Å²) in [6.45, 7) is 3.67. The molecule has 0 amide bonds. The van der Waals surface area contributed by atoms with Gasteiger partial charge in [-0.25, -0.2) is 0 Å². The third-order valence-corrected chi connectivity index (χ3v) is 3.02. The van der Waals surface area contributed by atoms with Crippen molar-refractivity contribution in [2.75, 3.05) is 41.0 Å². The van der Waals surface area contributed by atoms with Crippen LogP contribution in [0.25, 0.3) is 0 Å². The molecule has 2 N–H and O–H groups in total. The molecule has 0 heterocycles. The molecule has 0 saturated carbocycles. The minimum Gasteiger partial charge on any atom is -0.493 e. The molecular weight excluding hydrogens is 258 g/mol. The average Bonchev–Trinajstić information content (AvgIpc) is 2.43. The number of rotatable bonds is 9. The van der Waals surface area contributed by atoms with Gasteiger partial charge in [0, 0.05) is 26.6 Å². The van der Waals surface area contributed by atoms with E-state index in [2.05, 4.69) is 5.32 Å². The van der Waals surface area contributed by atoms with Crippen molar-refractivity contribution >= 4 is 0 Å². The summed E-state index contributed by atoms with van der Waals surface area (Å²) >= 11 is 0. The zero-order valence-corrected chi connectivity index (χ0v) is 12.7. The molecule has 0 fully saturated rings. The van der Waals surface area contributed by atoms with Gasteiger partial charge in [-0.2, -0.15) is 0 Å². The number of hydrogen-bond donors (Lipinski definition) is 2. The minimum absolute atomic E-state index is 0.505. The maximum Gasteiger partial charge on any atom is 0.160 e. The summed E-state index contributed by atoms with van der Waals surface area (Å²) in [4.78, 5) is 0. The van der Waals surface area contributed by atoms with Gasteiger partial charge in [-0.05, 0) is 24.6 Å². The summed E-state index contributed by atoms with van der Waals surface area (Å²) in [6.07, 6.45) is 0.535. The quantitative estimate of drug-likeness (QED) is 0.668. The average molecular weight is 283 g/mol. The Hall–Kier alpha value is -1.30. The number of aliphatic hydroxyl groups is 1. The highest BCUT2D eigenvalue weighted by atomic mass is 16.5. The number of benzene rings is 1. The third kappa shape index (κ3) is 5.36. The van der Waals surface area contributed by atoms with Gasteiger partial charge in [-0.3, -0.25) is 0 Å². The molecule has 0 bridgehead atoms. The van der Waals surface area contributed by atoms with E-state index in [1.165, 1.54) is 0 Å². The first-order valence-electron chi connectivity index (χ1n) is 6.65. The van der Waals surface area contributed by atoms with Gasteiger partial charge in [-0.15, -0.1) is 0 Å². The molecule has 0 saturated heterocycles. The van der Waals surface area contributed by atoms with E-state index in [9.17, 15) is 5.11 Å². The molecule has 0 aliphatic rings. The van der Waals surface area contributed by atoms with E-state index in [4.69, 9.17) is 14.2 Å². The van der Waals surface area contributed by atoms with Crippen molar-refractivity contribution in [3.63, 3.8) is 0 Å². The largest absolute Gasteiger partial charge is 0.493 e. The van der Waals surface area contributed by atoms with Crippen LogP contribution in [0.5, 0.6) is 11.5 Å². The highest BCUT2D eigenvalue weighted by molar-refractivity contribution is 5.43. The molecule has 0 aliphatic carbocycles. The lowest BCUT2D eigenvalue weighted by atomic mass is 9.96. The van der Waals surface area contributed by atoms with Crippen molar-refractivity contribution in [1.29, 1.82) is 0 Å². The lowest BCUT2D eigenvalue weighted by molar-refractivity contribution is 0.0581. The Balaban J connectivity index is 2.62. The summed E-state index contributed by atoms with van der Waals surface area (Å²) in [5.41, 5.74) is 0.175. The molecule has 20 heavy (non-hydrogen) atoms. The molecule has 5 nitrogen and oxygen atoms in total. The van der Waals surface area contributed by atoms with Gasteiger partial charge < -0.3 is 24.6 Å². The lowest BCUT2D eigenvalue weighted by Gasteiger charge is -2.24. The van der Waals surface area contributed by atoms with Gasteiger partial charge in [0.25, 0.3) is 0 Å². The highest BCUT2D eigenvalue weighted by Crippen LogP contribution is 2.28. The second-order valence-corrected chi connectivity index (χ2v) is 5.03. The first-order chi connectivity index (χ1) is 9.52. The molecule has 1 atom stereocenters. The van der Waals surface area contributed by atoms with Gasteiger partial charge in [0.05, 0.1) is 26.4 Å². The van der Waals surface area contributed by atoms with E-state index >= 15 is 0 Å². The molecule has 1 aromatic carbocycles. The Morgan fingerprint density at radius 1 is 1.15 bits per heavy atom. The fourth-order valence-corrected chi connectivity index (χ4v) is 2.02. The summed E-state index contributed by atoms with van der Waals surface area (Å²) in [6, 6.07) is 5.68. The molecule has 1 rings (SSSR count). The Bertz CT molecular complexity index is 407. The molecule has 0 aromatic heterocycles. The van der Waals surface area contributed by atoms with Crippen molar-refractivity contribution < 1.29 is 19.3 Å². The maximum atomic E-state index is 10.4. The Morgan fingerprint density at radius 3 is 2.45 bits per heavy atom. The first-order valence-corrected chi connectivity index (χ1v) is 6.65. The van der Waals surface area contributed by atoms with Gasteiger partial charge in [0.1, 0.15) is 0 Å². The smallest absolute Gasteiger partial charge is 0.160 e. The number of ether oxygens (including phenoxy) is 3. The van der Waals surface area contributed by atoms with Crippen LogP contribution >= 0.6 is 0 Å². The molecule has 1 unspecified atom stereocenters. The topological polar surface area (TPSA) is 60.0 Å². The zero-order valence-electron chi connectivity index (χ0n) is 12.7. The summed E-state index contributed by atoms with van der Waals surface area (Å²) in [5, 5.41) is 13.5. The second-order valence-electron chi connectivity index (χ2n) is 5.03. The van der Waals surface area contributed by atoms with Crippen LogP contribution in [0, 0.1) is 0 Å². The highest BCUT2D eigenvalue weighted by Gasteiger charge is 2.21. The van der Waals surface area contributed by atoms with Crippen LogP contribution < -0.4 is 14.8 Å². The Labute approximate surface area is 120 Å². The van der Waals surface area contributed by atoms with Gasteiger partial charge >= 0.3 is 0 Å². The van der Waals surface area contributed by atoms with E-state index in [-0.39, 0.29) is 0 Å². The van der Waals surface area contributed by atoms with Crippen LogP contribution in [0.2, 0.25) is 0 Å². The van der Waals surface area contributed by atoms with E-state index in [1.807, 2.05) is 25.1 Å². The number of nitrogens with one attached hydrogen (secondary N) is 1. The van der Waals surface area contributed by atoms with Crippen molar-refractivity contribution in [3.8, 4) is 11.5 Å². The van der Waals surface area contributed by atoms with Crippen molar-refractivity contribution in [3.05, 3.63) is 23.8 Å². The molecule has 1 aromatic rings.